The van der Waals surface area contributed by atoms with E-state index in [9.17, 15) is 9.18 Å². The molecule has 2 rings (SSSR count). The predicted molar refractivity (Wildman–Crippen MR) is 63.6 cm³/mol. The third kappa shape index (κ3) is 2.57. The molecule has 0 bridgehead atoms. The molecule has 1 aromatic heterocycles. The maximum Gasteiger partial charge on any atom is 0.255 e. The van der Waals surface area contributed by atoms with E-state index >= 15 is 0 Å². The third-order valence-corrected chi connectivity index (χ3v) is 3.39. The highest BCUT2D eigenvalue weighted by Crippen LogP contribution is 2.20. The Morgan fingerprint density at radius 3 is 3.00 bits per heavy atom. The summed E-state index contributed by atoms with van der Waals surface area (Å²) in [6, 6.07) is 1.36. The molecule has 1 aliphatic heterocycles. The molecule has 0 radical (unpaired) electrons. The van der Waals surface area contributed by atoms with Gasteiger partial charge in [0, 0.05) is 18.8 Å². The molecule has 1 aliphatic rings. The van der Waals surface area contributed by atoms with E-state index in [0.29, 0.717) is 0 Å². The van der Waals surface area contributed by atoms with Gasteiger partial charge in [0.1, 0.15) is 0 Å². The van der Waals surface area contributed by atoms with Crippen LogP contribution >= 0.6 is 11.6 Å². The smallest absolute Gasteiger partial charge is 0.255 e. The molecule has 1 unspecified atom stereocenters. The number of rotatable bonds is 1. The summed E-state index contributed by atoms with van der Waals surface area (Å²) in [4.78, 5) is 17.6. The van der Waals surface area contributed by atoms with Crippen LogP contribution in [0.25, 0.3) is 0 Å². The van der Waals surface area contributed by atoms with Gasteiger partial charge in [-0.25, -0.2) is 9.37 Å². The number of amides is 1. The van der Waals surface area contributed by atoms with Crippen molar-refractivity contribution in [1.29, 1.82) is 0 Å². The Balaban J connectivity index is 2.21. The fourth-order valence-electron chi connectivity index (χ4n) is 2.10. The molecule has 0 aliphatic carbocycles. The Morgan fingerprint density at radius 2 is 2.35 bits per heavy atom. The summed E-state index contributed by atoms with van der Waals surface area (Å²) < 4.78 is 13.2. The van der Waals surface area contributed by atoms with Crippen LogP contribution in [0.3, 0.4) is 0 Å². The standard InChI is InChI=1S/C12H14ClFN2O/c1-8-4-2-3-5-16(8)12(17)9-6-10(14)11(13)15-7-9/h6-8H,2-5H2,1H3. The zero-order valence-electron chi connectivity index (χ0n) is 9.62. The predicted octanol–water partition coefficient (Wildman–Crippen LogP) is 2.89. The van der Waals surface area contributed by atoms with Crippen LogP contribution in [-0.2, 0) is 0 Å². The van der Waals surface area contributed by atoms with Crippen LogP contribution < -0.4 is 0 Å². The first-order valence-corrected chi connectivity index (χ1v) is 6.09. The summed E-state index contributed by atoms with van der Waals surface area (Å²) in [5, 5.41) is -0.201. The Labute approximate surface area is 105 Å². The van der Waals surface area contributed by atoms with E-state index in [-0.39, 0.29) is 22.7 Å². The van der Waals surface area contributed by atoms with Gasteiger partial charge in [-0.15, -0.1) is 0 Å². The van der Waals surface area contributed by atoms with E-state index in [1.54, 1.807) is 4.90 Å². The van der Waals surface area contributed by atoms with Gasteiger partial charge in [0.25, 0.3) is 5.91 Å². The highest BCUT2D eigenvalue weighted by Gasteiger charge is 2.24. The molecule has 1 atom stereocenters. The molecule has 2 heterocycles. The average Bonchev–Trinajstić information content (AvgIpc) is 2.32. The molecule has 0 saturated carbocycles. The van der Waals surface area contributed by atoms with Gasteiger partial charge in [0.2, 0.25) is 0 Å². The summed E-state index contributed by atoms with van der Waals surface area (Å²) in [6.45, 7) is 2.74. The number of likely N-dealkylation sites (tertiary alicyclic amines) is 1. The number of aromatic nitrogens is 1. The maximum absolute atomic E-state index is 13.2. The van der Waals surface area contributed by atoms with Gasteiger partial charge in [0.05, 0.1) is 5.56 Å². The topological polar surface area (TPSA) is 33.2 Å². The molecule has 1 saturated heterocycles. The van der Waals surface area contributed by atoms with Crippen LogP contribution in [0.4, 0.5) is 4.39 Å². The number of hydrogen-bond acceptors (Lipinski definition) is 2. The minimum absolute atomic E-state index is 0.166. The number of halogens is 2. The van der Waals surface area contributed by atoms with Crippen molar-refractivity contribution in [3.8, 4) is 0 Å². The van der Waals surface area contributed by atoms with Gasteiger partial charge in [0.15, 0.2) is 11.0 Å². The normalized spacial score (nSPS) is 20.4. The quantitative estimate of drug-likeness (QED) is 0.724. The molecule has 17 heavy (non-hydrogen) atoms. The number of hydrogen-bond donors (Lipinski definition) is 0. The fraction of sp³-hybridized carbons (Fsp3) is 0.500. The first kappa shape index (κ1) is 12.3. The second-order valence-electron chi connectivity index (χ2n) is 4.34. The Morgan fingerprint density at radius 1 is 1.59 bits per heavy atom. The van der Waals surface area contributed by atoms with Crippen molar-refractivity contribution in [2.24, 2.45) is 0 Å². The molecule has 0 spiro atoms. The average molecular weight is 257 g/mol. The largest absolute Gasteiger partial charge is 0.336 e. The van der Waals surface area contributed by atoms with Gasteiger partial charge in [-0.1, -0.05) is 11.6 Å². The summed E-state index contributed by atoms with van der Waals surface area (Å²) >= 11 is 5.49. The van der Waals surface area contributed by atoms with Crippen molar-refractivity contribution >= 4 is 17.5 Å². The molecular weight excluding hydrogens is 243 g/mol. The van der Waals surface area contributed by atoms with Crippen molar-refractivity contribution in [2.75, 3.05) is 6.54 Å². The number of nitrogens with zero attached hydrogens (tertiary/aromatic N) is 2. The highest BCUT2D eigenvalue weighted by atomic mass is 35.5. The van der Waals surface area contributed by atoms with E-state index in [1.807, 2.05) is 6.92 Å². The molecule has 0 N–H and O–H groups in total. The lowest BCUT2D eigenvalue weighted by Gasteiger charge is -2.33. The lowest BCUT2D eigenvalue weighted by molar-refractivity contribution is 0.0634. The lowest BCUT2D eigenvalue weighted by Crippen LogP contribution is -2.42. The van der Waals surface area contributed by atoms with E-state index in [2.05, 4.69) is 4.98 Å². The summed E-state index contributed by atoms with van der Waals surface area (Å²) in [7, 11) is 0. The molecule has 1 fully saturated rings. The minimum Gasteiger partial charge on any atom is -0.336 e. The Kier molecular flexibility index (Phi) is 3.62. The van der Waals surface area contributed by atoms with E-state index in [1.165, 1.54) is 6.20 Å². The van der Waals surface area contributed by atoms with Gasteiger partial charge >= 0.3 is 0 Å². The second-order valence-corrected chi connectivity index (χ2v) is 4.70. The molecule has 1 amide bonds. The Hall–Kier alpha value is -1.16. The number of piperidine rings is 1. The van der Waals surface area contributed by atoms with Crippen molar-refractivity contribution in [3.05, 3.63) is 28.8 Å². The van der Waals surface area contributed by atoms with Crippen molar-refractivity contribution in [1.82, 2.24) is 9.88 Å². The molecule has 1 aromatic rings. The van der Waals surface area contributed by atoms with Crippen molar-refractivity contribution in [2.45, 2.75) is 32.2 Å². The molecular formula is C12H14ClFN2O. The zero-order valence-corrected chi connectivity index (χ0v) is 10.4. The summed E-state index contributed by atoms with van der Waals surface area (Å²) in [5.41, 5.74) is 0.264. The highest BCUT2D eigenvalue weighted by molar-refractivity contribution is 6.29. The second kappa shape index (κ2) is 5.00. The fourth-order valence-corrected chi connectivity index (χ4v) is 2.21. The van der Waals surface area contributed by atoms with Crippen LogP contribution in [0.15, 0.2) is 12.3 Å². The summed E-state index contributed by atoms with van der Waals surface area (Å²) in [5.74, 6) is -0.817. The van der Waals surface area contributed by atoms with Gasteiger partial charge in [-0.05, 0) is 32.3 Å². The number of pyridine rings is 1. The van der Waals surface area contributed by atoms with Crippen LogP contribution in [0, 0.1) is 5.82 Å². The minimum atomic E-state index is -0.651. The number of carbonyl (C=O) groups is 1. The van der Waals surface area contributed by atoms with Crippen molar-refractivity contribution in [3.63, 3.8) is 0 Å². The van der Waals surface area contributed by atoms with Crippen LogP contribution in [0.2, 0.25) is 5.15 Å². The molecule has 3 nitrogen and oxygen atoms in total. The molecule has 92 valence electrons. The Bertz CT molecular complexity index is 439. The molecule has 5 heteroatoms. The van der Waals surface area contributed by atoms with E-state index in [0.717, 1.165) is 31.9 Å². The van der Waals surface area contributed by atoms with Crippen molar-refractivity contribution < 1.29 is 9.18 Å². The van der Waals surface area contributed by atoms with Gasteiger partial charge in [-0.2, -0.15) is 0 Å². The monoisotopic (exact) mass is 256 g/mol. The van der Waals surface area contributed by atoms with Crippen LogP contribution in [-0.4, -0.2) is 28.4 Å². The zero-order chi connectivity index (χ0) is 12.4. The SMILES string of the molecule is CC1CCCCN1C(=O)c1cnc(Cl)c(F)c1. The first-order valence-electron chi connectivity index (χ1n) is 5.71. The van der Waals surface area contributed by atoms with E-state index in [4.69, 9.17) is 11.6 Å². The summed E-state index contributed by atoms with van der Waals surface area (Å²) in [6.07, 6.45) is 4.46. The van der Waals surface area contributed by atoms with E-state index < -0.39 is 5.82 Å². The number of carbonyl (C=O) groups excluding carboxylic acids is 1. The van der Waals surface area contributed by atoms with Gasteiger partial charge < -0.3 is 4.90 Å². The lowest BCUT2D eigenvalue weighted by atomic mass is 10.0. The maximum atomic E-state index is 13.2. The van der Waals surface area contributed by atoms with Gasteiger partial charge in [-0.3, -0.25) is 4.79 Å². The van der Waals surface area contributed by atoms with Crippen LogP contribution in [0.1, 0.15) is 36.5 Å². The van der Waals surface area contributed by atoms with Crippen LogP contribution in [0.5, 0.6) is 0 Å². The molecule has 0 aromatic carbocycles. The first-order chi connectivity index (χ1) is 8.09. The third-order valence-electron chi connectivity index (χ3n) is 3.11.